The molecule has 13 heteroatoms. The fourth-order valence-corrected chi connectivity index (χ4v) is 5.43. The number of carbonyl (C=O) groups is 1. The van der Waals surface area contributed by atoms with Gasteiger partial charge in [-0.05, 0) is 54.4 Å². The van der Waals surface area contributed by atoms with Crippen LogP contribution in [0.15, 0.2) is 71.7 Å². The van der Waals surface area contributed by atoms with Gasteiger partial charge in [0, 0.05) is 18.5 Å². The summed E-state index contributed by atoms with van der Waals surface area (Å²) in [5, 5.41) is 9.43. The van der Waals surface area contributed by atoms with E-state index in [2.05, 4.69) is 4.98 Å². The second kappa shape index (κ2) is 12.3. The van der Waals surface area contributed by atoms with Crippen LogP contribution in [0.3, 0.4) is 0 Å². The van der Waals surface area contributed by atoms with Gasteiger partial charge in [0.05, 0.1) is 46.7 Å². The van der Waals surface area contributed by atoms with Gasteiger partial charge in [-0.15, -0.1) is 0 Å². The number of aromatic nitrogens is 2. The van der Waals surface area contributed by atoms with Crippen molar-refractivity contribution in [2.75, 3.05) is 18.1 Å². The molecule has 2 aromatic carbocycles. The molecule has 1 amide bonds. The van der Waals surface area contributed by atoms with E-state index in [-0.39, 0.29) is 40.3 Å². The summed E-state index contributed by atoms with van der Waals surface area (Å²) >= 11 is 0. The monoisotopic (exact) mass is 614 g/mol. The molecular formula is C30H26F4N4O4S. The zero-order valence-corrected chi connectivity index (χ0v) is 23.9. The predicted molar refractivity (Wildman–Crippen MR) is 151 cm³/mol. The Morgan fingerprint density at radius 1 is 1.12 bits per heavy atom. The van der Waals surface area contributed by atoms with Crippen molar-refractivity contribution in [3.05, 3.63) is 105 Å². The number of benzene rings is 2. The largest absolute Gasteiger partial charge is 0.419 e. The molecule has 224 valence electrons. The first-order valence-electron chi connectivity index (χ1n) is 13.1. The number of sulfone groups is 1. The molecule has 8 nitrogen and oxygen atoms in total. The molecule has 0 aliphatic carbocycles. The minimum absolute atomic E-state index is 0.0607. The third-order valence-corrected chi connectivity index (χ3v) is 8.68. The molecule has 0 saturated carbocycles. The summed E-state index contributed by atoms with van der Waals surface area (Å²) in [5.74, 6) is -2.92. The van der Waals surface area contributed by atoms with E-state index in [4.69, 9.17) is 0 Å². The van der Waals surface area contributed by atoms with E-state index in [1.54, 1.807) is 36.4 Å². The van der Waals surface area contributed by atoms with Gasteiger partial charge in [0.15, 0.2) is 9.84 Å². The van der Waals surface area contributed by atoms with Crippen molar-refractivity contribution in [1.82, 2.24) is 14.3 Å². The molecule has 1 unspecified atom stereocenters. The number of hydrogen-bond acceptors (Lipinski definition) is 6. The lowest BCUT2D eigenvalue weighted by atomic mass is 9.98. The van der Waals surface area contributed by atoms with Crippen LogP contribution in [0.25, 0.3) is 16.8 Å². The van der Waals surface area contributed by atoms with Crippen molar-refractivity contribution in [2.24, 2.45) is 0 Å². The van der Waals surface area contributed by atoms with Crippen molar-refractivity contribution in [2.45, 2.75) is 32.5 Å². The first-order valence-corrected chi connectivity index (χ1v) is 14.9. The topological polar surface area (TPSA) is 113 Å². The van der Waals surface area contributed by atoms with E-state index in [0.717, 1.165) is 11.0 Å². The van der Waals surface area contributed by atoms with Crippen molar-refractivity contribution < 1.29 is 30.8 Å². The van der Waals surface area contributed by atoms with E-state index in [0.29, 0.717) is 17.7 Å². The van der Waals surface area contributed by atoms with Gasteiger partial charge in [0.2, 0.25) is 5.91 Å². The summed E-state index contributed by atoms with van der Waals surface area (Å²) in [4.78, 5) is 33.2. The van der Waals surface area contributed by atoms with Crippen LogP contribution in [0.4, 0.5) is 17.6 Å². The number of amides is 1. The van der Waals surface area contributed by atoms with Crippen LogP contribution < -0.4 is 5.56 Å². The molecule has 0 aliphatic heterocycles. The van der Waals surface area contributed by atoms with Crippen molar-refractivity contribution in [3.63, 3.8) is 0 Å². The highest BCUT2D eigenvalue weighted by Gasteiger charge is 2.35. The first kappa shape index (κ1) is 31.4. The van der Waals surface area contributed by atoms with Gasteiger partial charge in [-0.25, -0.2) is 17.8 Å². The Balaban J connectivity index is 1.86. The molecule has 43 heavy (non-hydrogen) atoms. The van der Waals surface area contributed by atoms with Crippen LogP contribution in [0, 0.1) is 17.1 Å². The van der Waals surface area contributed by atoms with Crippen LogP contribution in [-0.2, 0) is 27.2 Å². The summed E-state index contributed by atoms with van der Waals surface area (Å²) in [5.41, 5.74) is -1.20. The van der Waals surface area contributed by atoms with Gasteiger partial charge >= 0.3 is 6.18 Å². The number of hydrogen-bond donors (Lipinski definition) is 0. The van der Waals surface area contributed by atoms with Crippen LogP contribution >= 0.6 is 0 Å². The smallest absolute Gasteiger partial charge is 0.333 e. The molecule has 0 fully saturated rings. The number of alkyl halides is 3. The van der Waals surface area contributed by atoms with Crippen LogP contribution in [0.1, 0.15) is 42.3 Å². The van der Waals surface area contributed by atoms with Gasteiger partial charge in [0.25, 0.3) is 5.56 Å². The number of nitrogens with zero attached hydrogens (tertiary/aromatic N) is 4. The zero-order valence-electron chi connectivity index (χ0n) is 23.1. The standard InChI is InChI=1S/C30H26F4N4O4S/c1-3-43(41,42)14-13-37(26(39)17-20-10-11-24(31)23(16-20)30(32,33)34)19(2)28-27(22-8-6-7-21(15-22)18-35)29(40)38-12-5-4-9-25(38)36-28/h4-12,15-16,19H,3,13-14,17H2,1-2H3. The van der Waals surface area contributed by atoms with E-state index in [9.17, 15) is 40.8 Å². The molecule has 2 heterocycles. The van der Waals surface area contributed by atoms with Crippen molar-refractivity contribution >= 4 is 21.4 Å². The quantitative estimate of drug-likeness (QED) is 0.247. The molecule has 2 aromatic heterocycles. The minimum Gasteiger partial charge on any atom is -0.333 e. The lowest BCUT2D eigenvalue weighted by Gasteiger charge is -2.30. The average Bonchev–Trinajstić information content (AvgIpc) is 2.97. The summed E-state index contributed by atoms with van der Waals surface area (Å²) in [6.45, 7) is 2.62. The van der Waals surface area contributed by atoms with Gasteiger partial charge in [-0.1, -0.05) is 31.2 Å². The fourth-order valence-electron chi connectivity index (χ4n) is 4.66. The summed E-state index contributed by atoms with van der Waals surface area (Å²) < 4.78 is 80.0. The lowest BCUT2D eigenvalue weighted by molar-refractivity contribution is -0.140. The average molecular weight is 615 g/mol. The zero-order chi connectivity index (χ0) is 31.5. The number of rotatable bonds is 9. The normalized spacial score (nSPS) is 12.6. The van der Waals surface area contributed by atoms with E-state index in [1.807, 2.05) is 6.07 Å². The third kappa shape index (κ3) is 6.91. The molecule has 0 N–H and O–H groups in total. The van der Waals surface area contributed by atoms with Gasteiger partial charge in [0.1, 0.15) is 11.5 Å². The molecular weight excluding hydrogens is 588 g/mol. The highest BCUT2D eigenvalue weighted by atomic mass is 32.2. The second-order valence-corrected chi connectivity index (χ2v) is 12.3. The minimum atomic E-state index is -4.99. The molecule has 1 atom stereocenters. The maximum atomic E-state index is 13.9. The number of carbonyl (C=O) groups excluding carboxylic acids is 1. The van der Waals surface area contributed by atoms with Gasteiger partial charge in [-0.2, -0.15) is 18.4 Å². The van der Waals surface area contributed by atoms with Gasteiger partial charge < -0.3 is 4.90 Å². The van der Waals surface area contributed by atoms with Crippen LogP contribution in [-0.4, -0.2) is 46.7 Å². The number of halogens is 4. The highest BCUT2D eigenvalue weighted by Crippen LogP contribution is 2.33. The number of fused-ring (bicyclic) bond motifs is 1. The maximum Gasteiger partial charge on any atom is 0.419 e. The molecule has 0 radical (unpaired) electrons. The summed E-state index contributed by atoms with van der Waals surface area (Å²) in [7, 11) is -3.60. The SMILES string of the molecule is CCS(=O)(=O)CCN(C(=O)Cc1ccc(F)c(C(F)(F)F)c1)C(C)c1nc2ccccn2c(=O)c1-c1cccc(C#N)c1. The molecule has 0 bridgehead atoms. The predicted octanol–water partition coefficient (Wildman–Crippen LogP) is 4.96. The van der Waals surface area contributed by atoms with Crippen molar-refractivity contribution in [3.8, 4) is 17.2 Å². The van der Waals surface area contributed by atoms with Crippen molar-refractivity contribution in [1.29, 1.82) is 5.26 Å². The Hall–Kier alpha value is -4.57. The van der Waals surface area contributed by atoms with E-state index < -0.39 is 57.1 Å². The second-order valence-electron chi connectivity index (χ2n) is 9.79. The first-order chi connectivity index (χ1) is 20.3. The molecule has 0 aliphatic rings. The Bertz CT molecular complexity index is 1900. The maximum absolute atomic E-state index is 13.9. The Morgan fingerprint density at radius 2 is 1.86 bits per heavy atom. The third-order valence-electron chi connectivity index (χ3n) is 7.00. The summed E-state index contributed by atoms with van der Waals surface area (Å²) in [6.07, 6.45) is -4.10. The Labute approximate surface area is 244 Å². The van der Waals surface area contributed by atoms with Crippen LogP contribution in [0.2, 0.25) is 0 Å². The van der Waals surface area contributed by atoms with E-state index >= 15 is 0 Å². The van der Waals surface area contributed by atoms with Gasteiger partial charge in [-0.3, -0.25) is 14.0 Å². The Morgan fingerprint density at radius 3 is 2.53 bits per heavy atom. The fraction of sp³-hybridized carbons (Fsp3) is 0.267. The number of nitriles is 1. The highest BCUT2D eigenvalue weighted by molar-refractivity contribution is 7.91. The molecule has 0 spiro atoms. The summed E-state index contributed by atoms with van der Waals surface area (Å²) in [6, 6.07) is 14.2. The Kier molecular flexibility index (Phi) is 9.01. The number of pyridine rings is 1. The molecule has 4 rings (SSSR count). The molecule has 0 saturated heterocycles. The molecule has 4 aromatic rings. The van der Waals surface area contributed by atoms with Crippen LogP contribution in [0.5, 0.6) is 0 Å². The van der Waals surface area contributed by atoms with E-state index in [1.165, 1.54) is 30.5 Å². The lowest BCUT2D eigenvalue weighted by Crippen LogP contribution is -2.39.